The summed E-state index contributed by atoms with van der Waals surface area (Å²) in [6.45, 7) is 9.59. The first-order valence-corrected chi connectivity index (χ1v) is 8.67. The van der Waals surface area contributed by atoms with Gasteiger partial charge in [-0.1, -0.05) is 6.92 Å². The molecule has 1 fully saturated rings. The third-order valence-corrected chi connectivity index (χ3v) is 5.53. The zero-order valence-electron chi connectivity index (χ0n) is 11.6. The molecule has 0 saturated carbocycles. The minimum atomic E-state index is -2.80. The molecular formula is C12H27N3O2S. The van der Waals surface area contributed by atoms with Gasteiger partial charge in [-0.05, 0) is 19.9 Å². The van der Waals surface area contributed by atoms with Crippen LogP contribution in [0.1, 0.15) is 20.3 Å². The molecule has 6 heteroatoms. The molecule has 108 valence electrons. The molecule has 5 nitrogen and oxygen atoms in total. The van der Waals surface area contributed by atoms with Gasteiger partial charge in [-0.15, -0.1) is 0 Å². The van der Waals surface area contributed by atoms with Crippen LogP contribution < -0.4 is 5.73 Å². The van der Waals surface area contributed by atoms with E-state index in [4.69, 9.17) is 5.73 Å². The SMILES string of the molecule is CCS(=O)(=O)CCCN1CCN(C(C)CN)CC1. The second-order valence-corrected chi connectivity index (χ2v) is 7.52. The average molecular weight is 277 g/mol. The van der Waals surface area contributed by atoms with Crippen molar-refractivity contribution in [1.29, 1.82) is 0 Å². The van der Waals surface area contributed by atoms with Gasteiger partial charge in [0.05, 0.1) is 5.75 Å². The summed E-state index contributed by atoms with van der Waals surface area (Å²) in [5.74, 6) is 0.581. The molecule has 0 aliphatic carbocycles. The quantitative estimate of drug-likeness (QED) is 0.697. The van der Waals surface area contributed by atoms with Crippen molar-refractivity contribution < 1.29 is 8.42 Å². The molecule has 1 atom stereocenters. The summed E-state index contributed by atoms with van der Waals surface area (Å²) in [4.78, 5) is 4.75. The first-order chi connectivity index (χ1) is 8.48. The van der Waals surface area contributed by atoms with Crippen molar-refractivity contribution >= 4 is 9.84 Å². The third-order valence-electron chi connectivity index (χ3n) is 3.74. The number of rotatable bonds is 7. The minimum Gasteiger partial charge on any atom is -0.329 e. The van der Waals surface area contributed by atoms with E-state index in [1.807, 2.05) is 0 Å². The molecule has 0 radical (unpaired) electrons. The van der Waals surface area contributed by atoms with E-state index in [0.717, 1.165) is 39.1 Å². The van der Waals surface area contributed by atoms with Gasteiger partial charge in [0.15, 0.2) is 0 Å². The fraction of sp³-hybridized carbons (Fsp3) is 1.00. The molecule has 1 saturated heterocycles. The van der Waals surface area contributed by atoms with Crippen LogP contribution in [0, 0.1) is 0 Å². The zero-order valence-corrected chi connectivity index (χ0v) is 12.5. The van der Waals surface area contributed by atoms with E-state index >= 15 is 0 Å². The second kappa shape index (κ2) is 7.43. The van der Waals surface area contributed by atoms with Gasteiger partial charge < -0.3 is 10.6 Å². The standard InChI is InChI=1S/C12H27N3O2S/c1-3-18(16,17)10-4-5-14-6-8-15(9-7-14)12(2)11-13/h12H,3-11,13H2,1-2H3. The fourth-order valence-electron chi connectivity index (χ4n) is 2.23. The molecular weight excluding hydrogens is 250 g/mol. The molecule has 0 amide bonds. The Kier molecular flexibility index (Phi) is 6.55. The maximum Gasteiger partial charge on any atom is 0.150 e. The fourth-order valence-corrected chi connectivity index (χ4v) is 3.09. The Bertz CT molecular complexity index is 324. The van der Waals surface area contributed by atoms with Crippen molar-refractivity contribution in [3.05, 3.63) is 0 Å². The maximum atomic E-state index is 11.4. The summed E-state index contributed by atoms with van der Waals surface area (Å²) in [6, 6.07) is 0.451. The molecule has 18 heavy (non-hydrogen) atoms. The van der Waals surface area contributed by atoms with Crippen LogP contribution in [0.5, 0.6) is 0 Å². The van der Waals surface area contributed by atoms with Crippen LogP contribution in [0.4, 0.5) is 0 Å². The molecule has 1 unspecified atom stereocenters. The van der Waals surface area contributed by atoms with Crippen molar-refractivity contribution in [3.63, 3.8) is 0 Å². The number of hydrogen-bond acceptors (Lipinski definition) is 5. The van der Waals surface area contributed by atoms with Crippen LogP contribution in [0.2, 0.25) is 0 Å². The Balaban J connectivity index is 2.20. The highest BCUT2D eigenvalue weighted by molar-refractivity contribution is 7.91. The van der Waals surface area contributed by atoms with Gasteiger partial charge in [0.1, 0.15) is 9.84 Å². The Labute approximate surface area is 111 Å². The highest BCUT2D eigenvalue weighted by Crippen LogP contribution is 2.06. The predicted molar refractivity (Wildman–Crippen MR) is 75.5 cm³/mol. The molecule has 0 spiro atoms. The van der Waals surface area contributed by atoms with Gasteiger partial charge in [0.25, 0.3) is 0 Å². The first-order valence-electron chi connectivity index (χ1n) is 6.85. The van der Waals surface area contributed by atoms with E-state index in [9.17, 15) is 8.42 Å². The van der Waals surface area contributed by atoms with Gasteiger partial charge in [-0.3, -0.25) is 4.90 Å². The predicted octanol–water partition coefficient (Wildman–Crippen LogP) is -0.224. The van der Waals surface area contributed by atoms with E-state index in [1.165, 1.54) is 0 Å². The number of nitrogens with two attached hydrogens (primary N) is 1. The average Bonchev–Trinajstić information content (AvgIpc) is 2.38. The summed E-state index contributed by atoms with van der Waals surface area (Å²) in [5, 5.41) is 0. The maximum absolute atomic E-state index is 11.4. The van der Waals surface area contributed by atoms with Crippen molar-refractivity contribution in [2.45, 2.75) is 26.3 Å². The Morgan fingerprint density at radius 2 is 1.83 bits per heavy atom. The van der Waals surface area contributed by atoms with Crippen molar-refractivity contribution in [2.24, 2.45) is 5.73 Å². The van der Waals surface area contributed by atoms with Gasteiger partial charge in [-0.2, -0.15) is 0 Å². The molecule has 1 aliphatic rings. The second-order valence-electron chi connectivity index (χ2n) is 5.05. The van der Waals surface area contributed by atoms with Gasteiger partial charge in [-0.25, -0.2) is 8.42 Å². The summed E-state index contributed by atoms with van der Waals surface area (Å²) in [6.07, 6.45) is 0.753. The molecule has 1 aliphatic heterocycles. The van der Waals surface area contributed by atoms with Crippen LogP contribution in [0.25, 0.3) is 0 Å². The van der Waals surface area contributed by atoms with Crippen LogP contribution in [-0.2, 0) is 9.84 Å². The zero-order chi connectivity index (χ0) is 13.6. The van der Waals surface area contributed by atoms with E-state index in [-0.39, 0.29) is 5.75 Å². The first kappa shape index (κ1) is 15.9. The van der Waals surface area contributed by atoms with Gasteiger partial charge in [0.2, 0.25) is 0 Å². The number of piperazine rings is 1. The van der Waals surface area contributed by atoms with E-state index < -0.39 is 9.84 Å². The summed E-state index contributed by atoms with van der Waals surface area (Å²) in [7, 11) is -2.80. The lowest BCUT2D eigenvalue weighted by Crippen LogP contribution is -2.51. The molecule has 2 N–H and O–H groups in total. The number of sulfone groups is 1. The number of hydrogen-bond donors (Lipinski definition) is 1. The monoisotopic (exact) mass is 277 g/mol. The van der Waals surface area contributed by atoms with E-state index in [2.05, 4.69) is 16.7 Å². The molecule has 0 aromatic rings. The van der Waals surface area contributed by atoms with Crippen LogP contribution in [-0.4, -0.2) is 75.0 Å². The lowest BCUT2D eigenvalue weighted by atomic mass is 10.2. The van der Waals surface area contributed by atoms with Crippen molar-refractivity contribution in [2.75, 3.05) is 50.8 Å². The van der Waals surface area contributed by atoms with Gasteiger partial charge in [0, 0.05) is 44.5 Å². The van der Waals surface area contributed by atoms with Gasteiger partial charge >= 0.3 is 0 Å². The third kappa shape index (κ3) is 5.22. The van der Waals surface area contributed by atoms with Crippen LogP contribution >= 0.6 is 0 Å². The smallest absolute Gasteiger partial charge is 0.150 e. The highest BCUT2D eigenvalue weighted by Gasteiger charge is 2.20. The molecule has 0 aromatic carbocycles. The molecule has 1 rings (SSSR count). The van der Waals surface area contributed by atoms with Crippen LogP contribution in [0.15, 0.2) is 0 Å². The summed E-state index contributed by atoms with van der Waals surface area (Å²) >= 11 is 0. The molecule has 1 heterocycles. The lowest BCUT2D eigenvalue weighted by Gasteiger charge is -2.37. The van der Waals surface area contributed by atoms with Crippen molar-refractivity contribution in [3.8, 4) is 0 Å². The van der Waals surface area contributed by atoms with Crippen molar-refractivity contribution in [1.82, 2.24) is 9.80 Å². The molecule has 0 bridgehead atoms. The van der Waals surface area contributed by atoms with E-state index in [0.29, 0.717) is 18.3 Å². The van der Waals surface area contributed by atoms with E-state index in [1.54, 1.807) is 6.92 Å². The topological polar surface area (TPSA) is 66.6 Å². The Morgan fingerprint density at radius 1 is 1.22 bits per heavy atom. The summed E-state index contributed by atoms with van der Waals surface area (Å²) < 4.78 is 22.8. The van der Waals surface area contributed by atoms with Crippen LogP contribution in [0.3, 0.4) is 0 Å². The molecule has 0 aromatic heterocycles. The normalized spacial score (nSPS) is 21.1. The lowest BCUT2D eigenvalue weighted by molar-refractivity contribution is 0.105. The largest absolute Gasteiger partial charge is 0.329 e. The summed E-state index contributed by atoms with van der Waals surface area (Å²) in [5.41, 5.74) is 5.66. The number of nitrogens with zero attached hydrogens (tertiary/aromatic N) is 2. The Hall–Kier alpha value is -0.170. The minimum absolute atomic E-state index is 0.259. The Morgan fingerprint density at radius 3 is 2.33 bits per heavy atom. The highest BCUT2D eigenvalue weighted by atomic mass is 32.2.